The minimum atomic E-state index is -0.687. The average Bonchev–Trinajstić information content (AvgIpc) is 2.99. The van der Waals surface area contributed by atoms with Crippen molar-refractivity contribution in [2.24, 2.45) is 5.92 Å². The molecule has 1 aromatic rings. The number of anilines is 2. The van der Waals surface area contributed by atoms with Crippen molar-refractivity contribution < 1.29 is 14.7 Å². The summed E-state index contributed by atoms with van der Waals surface area (Å²) in [6, 6.07) is 8.45. The number of nitrogens with one attached hydrogen (secondary N) is 1. The molecule has 0 spiro atoms. The third-order valence-corrected chi connectivity index (χ3v) is 5.59. The zero-order valence-electron chi connectivity index (χ0n) is 14.2. The number of rotatable bonds is 3. The van der Waals surface area contributed by atoms with Gasteiger partial charge < -0.3 is 20.2 Å². The van der Waals surface area contributed by atoms with Gasteiger partial charge in [0.15, 0.2) is 0 Å². The van der Waals surface area contributed by atoms with E-state index in [0.29, 0.717) is 12.8 Å². The number of amides is 2. The van der Waals surface area contributed by atoms with Gasteiger partial charge in [-0.2, -0.15) is 0 Å². The first-order valence-electron chi connectivity index (χ1n) is 9.00. The molecule has 0 aliphatic carbocycles. The van der Waals surface area contributed by atoms with Crippen LogP contribution >= 0.6 is 0 Å². The number of fused-ring (bicyclic) bond motifs is 1. The molecule has 0 aromatic heterocycles. The summed E-state index contributed by atoms with van der Waals surface area (Å²) in [5.74, 6) is -0.905. The SMILES string of the molecule is O=C(O)C1CCN(c2ccc(N3C[C@@H]4CNCCN4C3=O)cc2)CC1. The Kier molecular flexibility index (Phi) is 4.25. The van der Waals surface area contributed by atoms with Crippen molar-refractivity contribution in [2.45, 2.75) is 18.9 Å². The lowest BCUT2D eigenvalue weighted by atomic mass is 9.97. The van der Waals surface area contributed by atoms with E-state index in [1.54, 1.807) is 0 Å². The second-order valence-corrected chi connectivity index (χ2v) is 7.06. The number of hydrogen-bond donors (Lipinski definition) is 2. The number of carboxylic acid groups (broad SMARTS) is 1. The summed E-state index contributed by atoms with van der Waals surface area (Å²) in [4.78, 5) is 29.7. The summed E-state index contributed by atoms with van der Waals surface area (Å²) in [5.41, 5.74) is 2.03. The van der Waals surface area contributed by atoms with Gasteiger partial charge in [0.25, 0.3) is 0 Å². The Hall–Kier alpha value is -2.28. The smallest absolute Gasteiger partial charge is 0.324 e. The van der Waals surface area contributed by atoms with Gasteiger partial charge in [-0.15, -0.1) is 0 Å². The van der Waals surface area contributed by atoms with Gasteiger partial charge in [-0.1, -0.05) is 0 Å². The average molecular weight is 344 g/mol. The standard InChI is InChI=1S/C18H24N4O3/c23-17(24)13-5-8-20(9-6-13)14-1-3-15(4-2-14)22-12-16-11-19-7-10-21(16)18(22)25/h1-4,13,16,19H,5-12H2,(H,23,24)/t16-/m0/s1. The molecule has 134 valence electrons. The minimum Gasteiger partial charge on any atom is -0.481 e. The molecule has 3 saturated heterocycles. The van der Waals surface area contributed by atoms with Crippen LogP contribution in [0.25, 0.3) is 0 Å². The van der Waals surface area contributed by atoms with Crippen molar-refractivity contribution in [3.8, 4) is 0 Å². The van der Waals surface area contributed by atoms with Crippen LogP contribution in [0.5, 0.6) is 0 Å². The van der Waals surface area contributed by atoms with Gasteiger partial charge in [-0.05, 0) is 37.1 Å². The minimum absolute atomic E-state index is 0.0986. The monoisotopic (exact) mass is 344 g/mol. The van der Waals surface area contributed by atoms with Gasteiger partial charge in [0.1, 0.15) is 0 Å². The van der Waals surface area contributed by atoms with E-state index < -0.39 is 5.97 Å². The second-order valence-electron chi connectivity index (χ2n) is 7.06. The van der Waals surface area contributed by atoms with Gasteiger partial charge in [0.05, 0.1) is 12.0 Å². The Morgan fingerprint density at radius 1 is 1.08 bits per heavy atom. The zero-order valence-corrected chi connectivity index (χ0v) is 14.2. The van der Waals surface area contributed by atoms with Crippen LogP contribution in [-0.2, 0) is 4.79 Å². The highest BCUT2D eigenvalue weighted by Crippen LogP contribution is 2.29. The molecular weight excluding hydrogens is 320 g/mol. The Balaban J connectivity index is 1.42. The molecule has 0 radical (unpaired) electrons. The number of piperidine rings is 1. The van der Waals surface area contributed by atoms with E-state index in [1.807, 2.05) is 34.1 Å². The number of carboxylic acids is 1. The third-order valence-electron chi connectivity index (χ3n) is 5.59. The van der Waals surface area contributed by atoms with E-state index in [1.165, 1.54) is 0 Å². The van der Waals surface area contributed by atoms with E-state index in [4.69, 9.17) is 5.11 Å². The maximum Gasteiger partial charge on any atom is 0.324 e. The van der Waals surface area contributed by atoms with E-state index in [9.17, 15) is 9.59 Å². The molecule has 0 saturated carbocycles. The van der Waals surface area contributed by atoms with Crippen LogP contribution in [0, 0.1) is 5.92 Å². The Bertz CT molecular complexity index is 655. The van der Waals surface area contributed by atoms with Crippen LogP contribution in [-0.4, -0.2) is 67.3 Å². The maximum atomic E-state index is 12.6. The van der Waals surface area contributed by atoms with Crippen molar-refractivity contribution in [1.29, 1.82) is 0 Å². The van der Waals surface area contributed by atoms with E-state index in [-0.39, 0.29) is 18.0 Å². The summed E-state index contributed by atoms with van der Waals surface area (Å²) in [6.45, 7) is 4.76. The predicted octanol–water partition coefficient (Wildman–Crippen LogP) is 1.20. The van der Waals surface area contributed by atoms with E-state index in [2.05, 4.69) is 10.2 Å². The van der Waals surface area contributed by atoms with Crippen LogP contribution in [0.2, 0.25) is 0 Å². The predicted molar refractivity (Wildman–Crippen MR) is 95.1 cm³/mol. The van der Waals surface area contributed by atoms with Gasteiger partial charge in [-0.25, -0.2) is 4.79 Å². The number of hydrogen-bond acceptors (Lipinski definition) is 4. The first-order valence-corrected chi connectivity index (χ1v) is 9.00. The molecule has 0 bridgehead atoms. The lowest BCUT2D eigenvalue weighted by molar-refractivity contribution is -0.142. The number of piperazine rings is 1. The molecule has 1 atom stereocenters. The fourth-order valence-corrected chi connectivity index (χ4v) is 4.06. The molecule has 0 unspecified atom stereocenters. The second kappa shape index (κ2) is 6.55. The lowest BCUT2D eigenvalue weighted by Gasteiger charge is -2.32. The molecule has 7 heteroatoms. The molecule has 1 aromatic carbocycles. The molecule has 2 amide bonds. The van der Waals surface area contributed by atoms with Crippen molar-refractivity contribution in [3.63, 3.8) is 0 Å². The summed E-state index contributed by atoms with van der Waals surface area (Å²) in [6.07, 6.45) is 1.37. The number of carbonyl (C=O) groups excluding carboxylic acids is 1. The Morgan fingerprint density at radius 2 is 1.76 bits per heavy atom. The van der Waals surface area contributed by atoms with Crippen LogP contribution in [0.15, 0.2) is 24.3 Å². The fraction of sp³-hybridized carbons (Fsp3) is 0.556. The van der Waals surface area contributed by atoms with Crippen LogP contribution in [0.1, 0.15) is 12.8 Å². The van der Waals surface area contributed by atoms with Gasteiger partial charge in [-0.3, -0.25) is 9.69 Å². The van der Waals surface area contributed by atoms with Gasteiger partial charge >= 0.3 is 12.0 Å². The molecule has 7 nitrogen and oxygen atoms in total. The molecule has 3 aliphatic rings. The number of nitrogens with zero attached hydrogens (tertiary/aromatic N) is 3. The number of carbonyl (C=O) groups is 2. The maximum absolute atomic E-state index is 12.6. The van der Waals surface area contributed by atoms with E-state index >= 15 is 0 Å². The third kappa shape index (κ3) is 3.04. The van der Waals surface area contributed by atoms with Gasteiger partial charge in [0.2, 0.25) is 0 Å². The molecule has 3 aliphatic heterocycles. The van der Waals surface area contributed by atoms with E-state index in [0.717, 1.165) is 50.6 Å². The van der Waals surface area contributed by atoms with Crippen molar-refractivity contribution in [2.75, 3.05) is 49.1 Å². The highest BCUT2D eigenvalue weighted by atomic mass is 16.4. The summed E-state index contributed by atoms with van der Waals surface area (Å²) in [7, 11) is 0. The number of urea groups is 1. The fourth-order valence-electron chi connectivity index (χ4n) is 4.06. The summed E-state index contributed by atoms with van der Waals surface area (Å²) < 4.78 is 0. The highest BCUT2D eigenvalue weighted by Gasteiger charge is 2.39. The lowest BCUT2D eigenvalue weighted by Crippen LogP contribution is -2.49. The molecule has 2 N–H and O–H groups in total. The van der Waals surface area contributed by atoms with Crippen LogP contribution in [0.4, 0.5) is 16.2 Å². The zero-order chi connectivity index (χ0) is 17.4. The molecule has 3 heterocycles. The molecule has 3 fully saturated rings. The van der Waals surface area contributed by atoms with Crippen LogP contribution in [0.3, 0.4) is 0 Å². The molecular formula is C18H24N4O3. The van der Waals surface area contributed by atoms with Crippen LogP contribution < -0.4 is 15.1 Å². The molecule has 4 rings (SSSR count). The van der Waals surface area contributed by atoms with Crippen molar-refractivity contribution in [1.82, 2.24) is 10.2 Å². The quantitative estimate of drug-likeness (QED) is 0.862. The first kappa shape index (κ1) is 16.2. The number of aliphatic carboxylic acids is 1. The normalized spacial score (nSPS) is 24.6. The highest BCUT2D eigenvalue weighted by molar-refractivity contribution is 5.95. The number of benzene rings is 1. The van der Waals surface area contributed by atoms with Crippen molar-refractivity contribution >= 4 is 23.4 Å². The first-order chi connectivity index (χ1) is 12.1. The topological polar surface area (TPSA) is 76.1 Å². The Morgan fingerprint density at radius 3 is 2.40 bits per heavy atom. The van der Waals surface area contributed by atoms with Gasteiger partial charge in [0, 0.05) is 50.6 Å². The Labute approximate surface area is 147 Å². The summed E-state index contributed by atoms with van der Waals surface area (Å²) in [5, 5.41) is 12.4. The van der Waals surface area contributed by atoms with Crippen molar-refractivity contribution in [3.05, 3.63) is 24.3 Å². The largest absolute Gasteiger partial charge is 0.481 e. The summed E-state index contributed by atoms with van der Waals surface area (Å²) >= 11 is 0. The molecule has 25 heavy (non-hydrogen) atoms.